The van der Waals surface area contributed by atoms with Gasteiger partial charge >= 0.3 is 0 Å². The number of nitrogens with one attached hydrogen (secondary N) is 1. The molecule has 1 aliphatic heterocycles. The van der Waals surface area contributed by atoms with E-state index in [-0.39, 0.29) is 0 Å². The van der Waals surface area contributed by atoms with Crippen molar-refractivity contribution in [3.63, 3.8) is 0 Å². The van der Waals surface area contributed by atoms with Crippen molar-refractivity contribution < 1.29 is 9.26 Å². The molecule has 0 saturated carbocycles. The van der Waals surface area contributed by atoms with Crippen LogP contribution < -0.4 is 15.0 Å². The molecule has 0 saturated heterocycles. The molecule has 200 valence electrons. The largest absolute Gasteiger partial charge is 0.494 e. The summed E-state index contributed by atoms with van der Waals surface area (Å²) in [5.41, 5.74) is 6.42. The summed E-state index contributed by atoms with van der Waals surface area (Å²) in [4.78, 5) is 12.3. The van der Waals surface area contributed by atoms with E-state index in [0.29, 0.717) is 41.4 Å². The van der Waals surface area contributed by atoms with Gasteiger partial charge in [0.15, 0.2) is 5.82 Å². The van der Waals surface area contributed by atoms with Gasteiger partial charge in [-0.1, -0.05) is 16.8 Å². The van der Waals surface area contributed by atoms with Crippen molar-refractivity contribution in [2.45, 2.75) is 60.2 Å². The lowest BCUT2D eigenvalue weighted by molar-refractivity contribution is 0.310. The Kier molecular flexibility index (Phi) is 7.40. The molecule has 1 N–H and O–H groups in total. The first kappa shape index (κ1) is 26.2. The number of aromatic nitrogens is 5. The monoisotopic (exact) mass is 535 g/mol. The first-order valence-electron chi connectivity index (χ1n) is 13.0. The molecular formula is C28H34ClN7O2. The van der Waals surface area contributed by atoms with Gasteiger partial charge in [-0.2, -0.15) is 5.10 Å². The molecule has 0 bridgehead atoms. The molecule has 9 nitrogen and oxygen atoms in total. The Hall–Kier alpha value is -3.43. The zero-order chi connectivity index (χ0) is 27.0. The van der Waals surface area contributed by atoms with E-state index in [4.69, 9.17) is 35.9 Å². The zero-order valence-electron chi connectivity index (χ0n) is 22.8. The number of ether oxygens (including phenoxy) is 1. The van der Waals surface area contributed by atoms with Crippen LogP contribution in [0, 0.1) is 20.8 Å². The van der Waals surface area contributed by atoms with Crippen molar-refractivity contribution in [3.05, 3.63) is 57.7 Å². The third-order valence-corrected chi connectivity index (χ3v) is 7.16. The molecule has 4 heterocycles. The lowest BCUT2D eigenvalue weighted by atomic mass is 10.0. The molecule has 0 aliphatic carbocycles. The third kappa shape index (κ3) is 5.00. The minimum absolute atomic E-state index is 0.322. The molecule has 10 heteroatoms. The number of nitrogens with zero attached hydrogens (tertiary/aromatic N) is 6. The van der Waals surface area contributed by atoms with Gasteiger partial charge in [-0.05, 0) is 72.8 Å². The van der Waals surface area contributed by atoms with Gasteiger partial charge in [-0.25, -0.2) is 9.97 Å². The number of halogens is 1. The van der Waals surface area contributed by atoms with Crippen molar-refractivity contribution in [2.75, 3.05) is 25.1 Å². The first-order chi connectivity index (χ1) is 18.3. The Labute approximate surface area is 228 Å². The minimum Gasteiger partial charge on any atom is -0.494 e. The summed E-state index contributed by atoms with van der Waals surface area (Å²) in [5, 5.41) is 12.7. The highest BCUT2D eigenvalue weighted by Gasteiger charge is 2.29. The van der Waals surface area contributed by atoms with E-state index < -0.39 is 0 Å². The third-order valence-electron chi connectivity index (χ3n) is 6.83. The van der Waals surface area contributed by atoms with Crippen molar-refractivity contribution >= 4 is 17.4 Å². The summed E-state index contributed by atoms with van der Waals surface area (Å²) < 4.78 is 13.5. The van der Waals surface area contributed by atoms with Gasteiger partial charge in [0.05, 0.1) is 40.8 Å². The summed E-state index contributed by atoms with van der Waals surface area (Å²) in [6.07, 6.45) is 3.04. The van der Waals surface area contributed by atoms with E-state index in [1.807, 2.05) is 50.7 Å². The predicted molar refractivity (Wildman–Crippen MR) is 149 cm³/mol. The van der Waals surface area contributed by atoms with Crippen LogP contribution in [0.1, 0.15) is 54.6 Å². The van der Waals surface area contributed by atoms with Crippen LogP contribution in [0.3, 0.4) is 0 Å². The SMILES string of the molecule is CNCCCOc1ccc(Cl)c(-c2nc(-c3c(C)noc3C)c(C)c(N3Cc4cn(C(C)C)nc4C3)n2)c1. The van der Waals surface area contributed by atoms with Gasteiger partial charge in [0, 0.05) is 35.5 Å². The van der Waals surface area contributed by atoms with Crippen LogP contribution >= 0.6 is 11.6 Å². The molecule has 0 fully saturated rings. The Bertz CT molecular complexity index is 1420. The lowest BCUT2D eigenvalue weighted by Crippen LogP contribution is -2.20. The molecule has 0 atom stereocenters. The number of hydrogen-bond acceptors (Lipinski definition) is 8. The van der Waals surface area contributed by atoms with Crippen LogP contribution in [0.15, 0.2) is 28.9 Å². The average molecular weight is 536 g/mol. The fourth-order valence-corrected chi connectivity index (χ4v) is 4.99. The maximum absolute atomic E-state index is 6.71. The summed E-state index contributed by atoms with van der Waals surface area (Å²) >= 11 is 6.71. The van der Waals surface area contributed by atoms with Crippen molar-refractivity contribution in [1.29, 1.82) is 0 Å². The molecule has 0 amide bonds. The molecule has 3 aromatic heterocycles. The van der Waals surface area contributed by atoms with Crippen molar-refractivity contribution in [2.24, 2.45) is 0 Å². The van der Waals surface area contributed by atoms with Gasteiger partial charge in [0.25, 0.3) is 0 Å². The quantitative estimate of drug-likeness (QED) is 0.274. The van der Waals surface area contributed by atoms with Crippen molar-refractivity contribution in [1.82, 2.24) is 30.2 Å². The highest BCUT2D eigenvalue weighted by Crippen LogP contribution is 2.39. The topological polar surface area (TPSA) is 94.1 Å². The van der Waals surface area contributed by atoms with Gasteiger partial charge in [0.2, 0.25) is 0 Å². The molecule has 0 radical (unpaired) electrons. The number of benzene rings is 1. The zero-order valence-corrected chi connectivity index (χ0v) is 23.6. The molecule has 1 aromatic carbocycles. The van der Waals surface area contributed by atoms with Crippen LogP contribution in [0.5, 0.6) is 5.75 Å². The number of rotatable bonds is 9. The van der Waals surface area contributed by atoms with E-state index in [9.17, 15) is 0 Å². The van der Waals surface area contributed by atoms with E-state index in [0.717, 1.165) is 59.3 Å². The lowest BCUT2D eigenvalue weighted by Gasteiger charge is -2.22. The summed E-state index contributed by atoms with van der Waals surface area (Å²) in [6, 6.07) is 5.95. The molecule has 4 aromatic rings. The number of fused-ring (bicyclic) bond motifs is 1. The van der Waals surface area contributed by atoms with E-state index in [1.165, 1.54) is 5.56 Å². The number of hydrogen-bond donors (Lipinski definition) is 1. The predicted octanol–water partition coefficient (Wildman–Crippen LogP) is 5.66. The Morgan fingerprint density at radius 1 is 1.16 bits per heavy atom. The van der Waals surface area contributed by atoms with E-state index in [2.05, 4.69) is 35.4 Å². The maximum Gasteiger partial charge on any atom is 0.163 e. The first-order valence-corrected chi connectivity index (χ1v) is 13.4. The molecule has 0 spiro atoms. The maximum atomic E-state index is 6.71. The fourth-order valence-electron chi connectivity index (χ4n) is 4.79. The number of aryl methyl sites for hydroxylation is 2. The smallest absolute Gasteiger partial charge is 0.163 e. The van der Waals surface area contributed by atoms with Crippen LogP contribution in [0.25, 0.3) is 22.6 Å². The molecule has 1 aliphatic rings. The standard InChI is InChI=1S/C28H34ClN7O2/c1-16(2)36-14-20-13-35(15-24(20)33-36)28-17(3)26(25-18(4)34-38-19(25)5)31-27(32-28)22-12-21(8-9-23(22)29)37-11-7-10-30-6/h8-9,12,14,16,30H,7,10-11,13,15H2,1-6H3. The van der Waals surface area contributed by atoms with E-state index >= 15 is 0 Å². The highest BCUT2D eigenvalue weighted by atomic mass is 35.5. The van der Waals surface area contributed by atoms with Gasteiger partial charge in [-0.3, -0.25) is 4.68 Å². The molecular weight excluding hydrogens is 502 g/mol. The second-order valence-corrected chi connectivity index (χ2v) is 10.4. The van der Waals surface area contributed by atoms with Crippen LogP contribution in [0.2, 0.25) is 5.02 Å². The Morgan fingerprint density at radius 3 is 2.66 bits per heavy atom. The second kappa shape index (κ2) is 10.7. The molecule has 0 unspecified atom stereocenters. The van der Waals surface area contributed by atoms with Gasteiger partial charge in [0.1, 0.15) is 17.3 Å². The average Bonchev–Trinajstić information content (AvgIpc) is 3.56. The molecule has 38 heavy (non-hydrogen) atoms. The van der Waals surface area contributed by atoms with Crippen LogP contribution in [-0.4, -0.2) is 45.1 Å². The summed E-state index contributed by atoms with van der Waals surface area (Å²) in [5.74, 6) is 2.82. The fraction of sp³-hybridized carbons (Fsp3) is 0.429. The summed E-state index contributed by atoms with van der Waals surface area (Å²) in [7, 11) is 1.93. The highest BCUT2D eigenvalue weighted by molar-refractivity contribution is 6.33. The second-order valence-electron chi connectivity index (χ2n) is 10.0. The minimum atomic E-state index is 0.322. The van der Waals surface area contributed by atoms with Crippen LogP contribution in [0.4, 0.5) is 5.82 Å². The Morgan fingerprint density at radius 2 is 1.97 bits per heavy atom. The van der Waals surface area contributed by atoms with Crippen molar-refractivity contribution in [3.8, 4) is 28.4 Å². The van der Waals surface area contributed by atoms with Gasteiger partial charge < -0.3 is 19.5 Å². The summed E-state index contributed by atoms with van der Waals surface area (Å²) in [6.45, 7) is 13.1. The van der Waals surface area contributed by atoms with Gasteiger partial charge in [-0.15, -0.1) is 0 Å². The Balaban J connectivity index is 1.58. The van der Waals surface area contributed by atoms with Crippen LogP contribution in [-0.2, 0) is 13.1 Å². The molecule has 5 rings (SSSR count). The normalized spacial score (nSPS) is 13.0. The van der Waals surface area contributed by atoms with E-state index in [1.54, 1.807) is 0 Å². The number of anilines is 1.